The van der Waals surface area contributed by atoms with Crippen molar-refractivity contribution in [2.24, 2.45) is 5.92 Å². The molecular weight excluding hydrogens is 336 g/mol. The third kappa shape index (κ3) is 3.59. The van der Waals surface area contributed by atoms with Crippen molar-refractivity contribution in [1.82, 2.24) is 20.4 Å². The summed E-state index contributed by atoms with van der Waals surface area (Å²) in [5.41, 5.74) is 1.46. The highest BCUT2D eigenvalue weighted by atomic mass is 16.2. The number of hydrogen-bond acceptors (Lipinski definition) is 3. The SMILES string of the molecule is CN(C)[C@]1(c2ccccc2)CC[C@]2(CC1)CN(CC1CCNCC1)C(=O)N2. The molecule has 2 aliphatic heterocycles. The normalized spacial score (nSPS) is 32.3. The molecule has 3 aliphatic rings. The molecule has 148 valence electrons. The maximum atomic E-state index is 12.7. The third-order valence-electron chi connectivity index (χ3n) is 7.29. The summed E-state index contributed by atoms with van der Waals surface area (Å²) in [6.45, 7) is 3.99. The van der Waals surface area contributed by atoms with Gasteiger partial charge in [0.15, 0.2) is 0 Å². The van der Waals surface area contributed by atoms with Gasteiger partial charge in [0.2, 0.25) is 0 Å². The van der Waals surface area contributed by atoms with Crippen LogP contribution in [0.1, 0.15) is 44.1 Å². The maximum Gasteiger partial charge on any atom is 0.317 e. The monoisotopic (exact) mass is 370 g/mol. The highest BCUT2D eigenvalue weighted by Crippen LogP contribution is 2.46. The fourth-order valence-electron chi connectivity index (χ4n) is 5.47. The topological polar surface area (TPSA) is 47.6 Å². The Morgan fingerprint density at radius 1 is 1.07 bits per heavy atom. The summed E-state index contributed by atoms with van der Waals surface area (Å²) in [6.07, 6.45) is 6.66. The van der Waals surface area contributed by atoms with Gasteiger partial charge in [-0.1, -0.05) is 30.3 Å². The molecule has 2 saturated heterocycles. The third-order valence-corrected chi connectivity index (χ3v) is 7.29. The van der Waals surface area contributed by atoms with E-state index in [4.69, 9.17) is 0 Å². The largest absolute Gasteiger partial charge is 0.331 e. The van der Waals surface area contributed by atoms with Crippen molar-refractivity contribution in [3.05, 3.63) is 35.9 Å². The number of piperidine rings is 1. The molecule has 0 unspecified atom stereocenters. The minimum absolute atomic E-state index is 0.0295. The first-order valence-corrected chi connectivity index (χ1v) is 10.5. The zero-order valence-corrected chi connectivity index (χ0v) is 16.8. The molecule has 5 heteroatoms. The lowest BCUT2D eigenvalue weighted by atomic mass is 9.69. The van der Waals surface area contributed by atoms with Crippen LogP contribution >= 0.6 is 0 Å². The molecule has 0 aromatic heterocycles. The van der Waals surface area contributed by atoms with Gasteiger partial charge >= 0.3 is 6.03 Å². The van der Waals surface area contributed by atoms with E-state index in [1.807, 2.05) is 0 Å². The van der Waals surface area contributed by atoms with Crippen LogP contribution in [0.15, 0.2) is 30.3 Å². The lowest BCUT2D eigenvalue weighted by Crippen LogP contribution is -2.54. The van der Waals surface area contributed by atoms with Crippen LogP contribution in [0.5, 0.6) is 0 Å². The lowest BCUT2D eigenvalue weighted by molar-refractivity contribution is 0.0613. The Hall–Kier alpha value is -1.59. The van der Waals surface area contributed by atoms with E-state index < -0.39 is 0 Å². The summed E-state index contributed by atoms with van der Waals surface area (Å²) in [5, 5.41) is 6.81. The number of benzene rings is 1. The van der Waals surface area contributed by atoms with E-state index in [0.29, 0.717) is 5.92 Å². The van der Waals surface area contributed by atoms with Gasteiger partial charge in [0, 0.05) is 18.6 Å². The summed E-state index contributed by atoms with van der Waals surface area (Å²) in [6, 6.07) is 11.0. The van der Waals surface area contributed by atoms with Crippen molar-refractivity contribution in [3.63, 3.8) is 0 Å². The Morgan fingerprint density at radius 3 is 2.37 bits per heavy atom. The van der Waals surface area contributed by atoms with Crippen molar-refractivity contribution in [3.8, 4) is 0 Å². The lowest BCUT2D eigenvalue weighted by Gasteiger charge is -2.48. The fraction of sp³-hybridized carbons (Fsp3) is 0.682. The Kier molecular flexibility index (Phi) is 5.17. The van der Waals surface area contributed by atoms with Gasteiger partial charge in [-0.15, -0.1) is 0 Å². The average Bonchev–Trinajstić information content (AvgIpc) is 2.99. The molecule has 1 aromatic rings. The summed E-state index contributed by atoms with van der Waals surface area (Å²) in [4.78, 5) is 17.2. The van der Waals surface area contributed by atoms with Crippen molar-refractivity contribution in [2.45, 2.75) is 49.6 Å². The van der Waals surface area contributed by atoms with Crippen LogP contribution < -0.4 is 10.6 Å². The summed E-state index contributed by atoms with van der Waals surface area (Å²) in [7, 11) is 4.39. The molecule has 3 fully saturated rings. The Morgan fingerprint density at radius 2 is 1.74 bits per heavy atom. The van der Waals surface area contributed by atoms with Gasteiger partial charge in [0.05, 0.1) is 5.54 Å². The van der Waals surface area contributed by atoms with E-state index in [2.05, 4.69) is 64.9 Å². The number of urea groups is 1. The quantitative estimate of drug-likeness (QED) is 0.857. The molecule has 0 atom stereocenters. The van der Waals surface area contributed by atoms with Gasteiger partial charge in [-0.05, 0) is 77.2 Å². The highest BCUT2D eigenvalue weighted by molar-refractivity contribution is 5.78. The number of carbonyl (C=O) groups excluding carboxylic acids is 1. The molecule has 0 bridgehead atoms. The van der Waals surface area contributed by atoms with Crippen molar-refractivity contribution in [2.75, 3.05) is 40.3 Å². The summed E-state index contributed by atoms with van der Waals surface area (Å²) >= 11 is 0. The zero-order chi connectivity index (χ0) is 18.9. The minimum atomic E-state index is -0.0295. The van der Waals surface area contributed by atoms with E-state index in [0.717, 1.165) is 51.9 Å². The average molecular weight is 371 g/mol. The van der Waals surface area contributed by atoms with E-state index in [-0.39, 0.29) is 17.1 Å². The molecule has 4 rings (SSSR count). The smallest absolute Gasteiger partial charge is 0.317 e. The van der Waals surface area contributed by atoms with Gasteiger partial charge < -0.3 is 15.5 Å². The van der Waals surface area contributed by atoms with Crippen LogP contribution in [-0.2, 0) is 5.54 Å². The second-order valence-corrected chi connectivity index (χ2v) is 9.08. The minimum Gasteiger partial charge on any atom is -0.331 e. The number of rotatable bonds is 4. The van der Waals surface area contributed by atoms with Gasteiger partial charge in [-0.25, -0.2) is 4.79 Å². The van der Waals surface area contributed by atoms with Gasteiger partial charge in [-0.3, -0.25) is 4.90 Å². The standard InChI is InChI=1S/C22H34N4O/c1-25(2)22(19-6-4-3-5-7-19)12-10-21(11-13-22)17-26(20(27)24-21)16-18-8-14-23-15-9-18/h3-7,18,23H,8-17H2,1-2H3,(H,24,27)/t21-,22+. The van der Waals surface area contributed by atoms with Crippen LogP contribution in [0.2, 0.25) is 0 Å². The van der Waals surface area contributed by atoms with E-state index in [1.165, 1.54) is 18.4 Å². The highest BCUT2D eigenvalue weighted by Gasteiger charge is 2.50. The Bertz CT molecular complexity index is 646. The summed E-state index contributed by atoms with van der Waals surface area (Å²) < 4.78 is 0. The predicted molar refractivity (Wildman–Crippen MR) is 109 cm³/mol. The first-order chi connectivity index (χ1) is 13.0. The summed E-state index contributed by atoms with van der Waals surface area (Å²) in [5.74, 6) is 0.654. The van der Waals surface area contributed by atoms with Crippen LogP contribution in [0.25, 0.3) is 0 Å². The number of carbonyl (C=O) groups is 1. The molecule has 2 N–H and O–H groups in total. The number of nitrogens with zero attached hydrogens (tertiary/aromatic N) is 2. The molecule has 5 nitrogen and oxygen atoms in total. The van der Waals surface area contributed by atoms with Crippen LogP contribution in [0.3, 0.4) is 0 Å². The van der Waals surface area contributed by atoms with Crippen molar-refractivity contribution < 1.29 is 4.79 Å². The predicted octanol–water partition coefficient (Wildman–Crippen LogP) is 2.78. The van der Waals surface area contributed by atoms with Crippen LogP contribution in [-0.4, -0.2) is 61.6 Å². The van der Waals surface area contributed by atoms with Crippen LogP contribution in [0, 0.1) is 5.92 Å². The Labute approximate surface area is 163 Å². The molecule has 27 heavy (non-hydrogen) atoms. The molecule has 2 amide bonds. The second-order valence-electron chi connectivity index (χ2n) is 9.08. The molecule has 1 spiro atoms. The first-order valence-electron chi connectivity index (χ1n) is 10.5. The molecule has 1 aliphatic carbocycles. The zero-order valence-electron chi connectivity index (χ0n) is 16.8. The molecule has 1 saturated carbocycles. The molecule has 2 heterocycles. The number of nitrogens with one attached hydrogen (secondary N) is 2. The van der Waals surface area contributed by atoms with Gasteiger partial charge in [0.25, 0.3) is 0 Å². The Balaban J connectivity index is 1.44. The van der Waals surface area contributed by atoms with Crippen molar-refractivity contribution >= 4 is 6.03 Å². The number of amides is 2. The van der Waals surface area contributed by atoms with Crippen molar-refractivity contribution in [1.29, 1.82) is 0 Å². The van der Waals surface area contributed by atoms with Gasteiger partial charge in [-0.2, -0.15) is 0 Å². The van der Waals surface area contributed by atoms with Gasteiger partial charge in [0.1, 0.15) is 0 Å². The first kappa shape index (κ1) is 18.8. The number of hydrogen-bond donors (Lipinski definition) is 2. The fourth-order valence-corrected chi connectivity index (χ4v) is 5.47. The molecule has 0 radical (unpaired) electrons. The second kappa shape index (κ2) is 7.44. The van der Waals surface area contributed by atoms with E-state index in [9.17, 15) is 4.79 Å². The van der Waals surface area contributed by atoms with E-state index >= 15 is 0 Å². The van der Waals surface area contributed by atoms with E-state index in [1.54, 1.807) is 0 Å². The van der Waals surface area contributed by atoms with Crippen LogP contribution in [0.4, 0.5) is 4.79 Å². The maximum absolute atomic E-state index is 12.7. The molecular formula is C22H34N4O. The molecule has 1 aromatic carbocycles.